The van der Waals surface area contributed by atoms with Crippen LogP contribution in [0.25, 0.3) is 0 Å². The van der Waals surface area contributed by atoms with E-state index in [1.807, 2.05) is 18.2 Å². The van der Waals surface area contributed by atoms with Gasteiger partial charge in [0.2, 0.25) is 6.79 Å². The normalized spacial score (nSPS) is 20.4. The largest absolute Gasteiger partial charge is 0.466 e. The molecule has 0 aromatic heterocycles. The lowest BCUT2D eigenvalue weighted by Gasteiger charge is -2.37. The number of nitrogens with one attached hydrogen (secondary N) is 2. The molecule has 0 saturated carbocycles. The van der Waals surface area contributed by atoms with Gasteiger partial charge in [-0.3, -0.25) is 9.80 Å². The van der Waals surface area contributed by atoms with Gasteiger partial charge in [0.25, 0.3) is 0 Å². The van der Waals surface area contributed by atoms with Crippen molar-refractivity contribution in [2.75, 3.05) is 46.6 Å². The lowest BCUT2D eigenvalue weighted by atomic mass is 9.95. The van der Waals surface area contributed by atoms with E-state index in [1.54, 1.807) is 18.2 Å². The van der Waals surface area contributed by atoms with E-state index in [-0.39, 0.29) is 12.8 Å². The fraction of sp³-hybridized carbons (Fsp3) is 0.360. The van der Waals surface area contributed by atoms with Crippen LogP contribution in [-0.4, -0.2) is 68.4 Å². The molecule has 0 radical (unpaired) electrons. The van der Waals surface area contributed by atoms with Crippen LogP contribution in [0.4, 0.5) is 4.79 Å². The molecule has 35 heavy (non-hydrogen) atoms. The number of rotatable bonds is 6. The van der Waals surface area contributed by atoms with E-state index in [9.17, 15) is 9.59 Å². The Kier molecular flexibility index (Phi) is 6.81. The number of fused-ring (bicyclic) bond motifs is 1. The van der Waals surface area contributed by atoms with Gasteiger partial charge in [-0.1, -0.05) is 29.8 Å². The van der Waals surface area contributed by atoms with Gasteiger partial charge in [-0.05, 0) is 35.4 Å². The maximum atomic E-state index is 12.8. The van der Waals surface area contributed by atoms with E-state index in [1.165, 1.54) is 12.7 Å². The number of urea groups is 1. The number of halogens is 1. The van der Waals surface area contributed by atoms with Gasteiger partial charge < -0.3 is 24.8 Å². The Morgan fingerprint density at radius 1 is 1.06 bits per heavy atom. The Hall–Kier alpha value is -3.27. The molecule has 1 saturated heterocycles. The van der Waals surface area contributed by atoms with Crippen LogP contribution >= 0.6 is 11.6 Å². The van der Waals surface area contributed by atoms with Crippen LogP contribution in [0.15, 0.2) is 53.7 Å². The lowest BCUT2D eigenvalue weighted by Crippen LogP contribution is -2.51. The highest BCUT2D eigenvalue weighted by atomic mass is 35.5. The second-order valence-corrected chi connectivity index (χ2v) is 9.15. The van der Waals surface area contributed by atoms with Crippen LogP contribution in [-0.2, 0) is 16.1 Å². The summed E-state index contributed by atoms with van der Waals surface area (Å²) in [7, 11) is 1.34. The van der Waals surface area contributed by atoms with Crippen molar-refractivity contribution in [1.82, 2.24) is 20.4 Å². The maximum absolute atomic E-state index is 12.8. The van der Waals surface area contributed by atoms with Gasteiger partial charge in [-0.15, -0.1) is 0 Å². The smallest absolute Gasteiger partial charge is 0.338 e. The van der Waals surface area contributed by atoms with Crippen molar-refractivity contribution < 1.29 is 23.8 Å². The molecule has 2 N–H and O–H groups in total. The number of esters is 1. The van der Waals surface area contributed by atoms with Gasteiger partial charge in [0.05, 0.1) is 18.7 Å². The first-order chi connectivity index (χ1) is 17.0. The molecular weight excluding hydrogens is 472 g/mol. The molecule has 0 aliphatic carbocycles. The molecule has 3 aliphatic rings. The Morgan fingerprint density at radius 3 is 2.54 bits per heavy atom. The van der Waals surface area contributed by atoms with Crippen LogP contribution in [0, 0.1) is 0 Å². The van der Waals surface area contributed by atoms with E-state index >= 15 is 0 Å². The van der Waals surface area contributed by atoms with Gasteiger partial charge >= 0.3 is 12.0 Å². The predicted molar refractivity (Wildman–Crippen MR) is 129 cm³/mol. The fourth-order valence-corrected chi connectivity index (χ4v) is 4.86. The van der Waals surface area contributed by atoms with Crippen LogP contribution in [0.3, 0.4) is 0 Å². The van der Waals surface area contributed by atoms with Crippen LogP contribution in [0.5, 0.6) is 11.5 Å². The number of hydrogen-bond donors (Lipinski definition) is 2. The monoisotopic (exact) mass is 498 g/mol. The maximum Gasteiger partial charge on any atom is 0.338 e. The third kappa shape index (κ3) is 5.22. The molecule has 0 bridgehead atoms. The molecule has 3 aliphatic heterocycles. The topological polar surface area (TPSA) is 92.4 Å². The van der Waals surface area contributed by atoms with Crippen molar-refractivity contribution in [3.05, 3.63) is 69.9 Å². The van der Waals surface area contributed by atoms with Crippen molar-refractivity contribution in [3.8, 4) is 11.5 Å². The van der Waals surface area contributed by atoms with E-state index in [0.29, 0.717) is 22.8 Å². The second-order valence-electron chi connectivity index (χ2n) is 8.71. The summed E-state index contributed by atoms with van der Waals surface area (Å²) in [4.78, 5) is 29.9. The van der Waals surface area contributed by atoms with Gasteiger partial charge in [-0.2, -0.15) is 0 Å². The average Bonchev–Trinajstić information content (AvgIpc) is 3.32. The molecule has 3 heterocycles. The lowest BCUT2D eigenvalue weighted by molar-refractivity contribution is -0.136. The van der Waals surface area contributed by atoms with Gasteiger partial charge in [0.15, 0.2) is 11.5 Å². The number of carbonyl (C=O) groups excluding carboxylic acids is 2. The van der Waals surface area contributed by atoms with Crippen molar-refractivity contribution in [3.63, 3.8) is 0 Å². The summed E-state index contributed by atoms with van der Waals surface area (Å²) in [5.74, 6) is 1.09. The number of carbonyl (C=O) groups is 2. The van der Waals surface area contributed by atoms with E-state index < -0.39 is 12.0 Å². The summed E-state index contributed by atoms with van der Waals surface area (Å²) in [6.07, 6.45) is 0. The molecule has 2 amide bonds. The zero-order chi connectivity index (χ0) is 24.4. The Morgan fingerprint density at radius 2 is 1.80 bits per heavy atom. The van der Waals surface area contributed by atoms with E-state index in [0.717, 1.165) is 49.8 Å². The van der Waals surface area contributed by atoms with Crippen LogP contribution < -0.4 is 20.1 Å². The third-order valence-corrected chi connectivity index (χ3v) is 6.67. The summed E-state index contributed by atoms with van der Waals surface area (Å²) < 4.78 is 16.0. The number of ether oxygens (including phenoxy) is 3. The number of methoxy groups -OCH3 is 1. The standard InChI is InChI=1S/C25H27ClN4O5/c1-33-24(31)22-19(27-25(32)28-23(22)17-3-2-4-18(26)12-17)14-30-9-7-29(8-10-30)13-16-5-6-20-21(11-16)35-15-34-20/h2-6,11-12,23H,7-10,13-15H2,1H3,(H2,27,28,32)/t23-/m1/s1. The quantitative estimate of drug-likeness (QED) is 0.591. The highest BCUT2D eigenvalue weighted by Crippen LogP contribution is 2.33. The number of nitrogens with zero attached hydrogens (tertiary/aromatic N) is 2. The van der Waals surface area contributed by atoms with Crippen molar-refractivity contribution in [1.29, 1.82) is 0 Å². The first-order valence-electron chi connectivity index (χ1n) is 11.5. The second kappa shape index (κ2) is 10.2. The molecule has 1 fully saturated rings. The van der Waals surface area contributed by atoms with E-state index in [2.05, 4.69) is 26.5 Å². The molecule has 0 spiro atoms. The highest BCUT2D eigenvalue weighted by molar-refractivity contribution is 6.30. The number of hydrogen-bond acceptors (Lipinski definition) is 7. The molecule has 184 valence electrons. The molecule has 9 nitrogen and oxygen atoms in total. The Bertz CT molecular complexity index is 1160. The van der Waals surface area contributed by atoms with Gasteiger partial charge in [0.1, 0.15) is 0 Å². The molecule has 5 rings (SSSR count). The first-order valence-corrected chi connectivity index (χ1v) is 11.9. The van der Waals surface area contributed by atoms with Gasteiger partial charge in [0, 0.05) is 50.0 Å². The summed E-state index contributed by atoms with van der Waals surface area (Å²) in [5, 5.41) is 6.19. The Labute approximate surface area is 208 Å². The van der Waals surface area contributed by atoms with Crippen LogP contribution in [0.1, 0.15) is 17.2 Å². The summed E-state index contributed by atoms with van der Waals surface area (Å²) >= 11 is 6.17. The summed E-state index contributed by atoms with van der Waals surface area (Å²) in [6, 6.07) is 12.2. The first kappa shape index (κ1) is 23.5. The summed E-state index contributed by atoms with van der Waals surface area (Å²) in [5.41, 5.74) is 2.83. The Balaban J connectivity index is 1.28. The predicted octanol–water partition coefficient (Wildman–Crippen LogP) is 2.67. The molecule has 2 aromatic carbocycles. The fourth-order valence-electron chi connectivity index (χ4n) is 4.66. The average molecular weight is 499 g/mol. The van der Waals surface area contributed by atoms with Crippen molar-refractivity contribution in [2.24, 2.45) is 0 Å². The number of piperazine rings is 1. The molecule has 10 heteroatoms. The third-order valence-electron chi connectivity index (χ3n) is 6.43. The van der Waals surface area contributed by atoms with Crippen molar-refractivity contribution in [2.45, 2.75) is 12.6 Å². The zero-order valence-corrected chi connectivity index (χ0v) is 20.1. The summed E-state index contributed by atoms with van der Waals surface area (Å²) in [6.45, 7) is 4.84. The van der Waals surface area contributed by atoms with Gasteiger partial charge in [-0.25, -0.2) is 9.59 Å². The minimum Gasteiger partial charge on any atom is -0.466 e. The molecule has 1 atom stereocenters. The molecule has 2 aromatic rings. The molecular formula is C25H27ClN4O5. The zero-order valence-electron chi connectivity index (χ0n) is 19.4. The molecule has 0 unspecified atom stereocenters. The number of benzene rings is 2. The van der Waals surface area contributed by atoms with Crippen LogP contribution in [0.2, 0.25) is 5.02 Å². The minimum absolute atomic E-state index is 0.269. The van der Waals surface area contributed by atoms with E-state index in [4.69, 9.17) is 25.8 Å². The number of amides is 2. The SMILES string of the molecule is COC(=O)C1=C(CN2CCN(Cc3ccc4c(c3)OCO4)CC2)NC(=O)N[C@@H]1c1cccc(Cl)c1. The van der Waals surface area contributed by atoms with Crippen molar-refractivity contribution >= 4 is 23.6 Å². The minimum atomic E-state index is -0.641. The highest BCUT2D eigenvalue weighted by Gasteiger charge is 2.34.